The average molecular weight is 271 g/mol. The fourth-order valence-corrected chi connectivity index (χ4v) is 1.92. The number of hydrogen-bond acceptors (Lipinski definition) is 3. The van der Waals surface area contributed by atoms with Gasteiger partial charge in [0.2, 0.25) is 0 Å². The summed E-state index contributed by atoms with van der Waals surface area (Å²) in [4.78, 5) is 10.7. The van der Waals surface area contributed by atoms with Crippen molar-refractivity contribution in [3.8, 4) is 11.5 Å². The highest BCUT2D eigenvalue weighted by atomic mass is 35.5. The number of carbonyl (C=O) groups excluding carboxylic acids is 1. The van der Waals surface area contributed by atoms with Gasteiger partial charge >= 0.3 is 0 Å². The molecule has 0 saturated heterocycles. The van der Waals surface area contributed by atoms with E-state index in [1.165, 1.54) is 20.0 Å². The summed E-state index contributed by atoms with van der Waals surface area (Å²) in [5, 5.41) is 0.409. The van der Waals surface area contributed by atoms with Crippen molar-refractivity contribution in [1.82, 2.24) is 0 Å². The first-order valence-corrected chi connectivity index (χ1v) is 6.56. The number of halogens is 1. The molecule has 0 heterocycles. The average Bonchev–Trinajstić information content (AvgIpc) is 2.39. The van der Waals surface area contributed by atoms with E-state index >= 15 is 0 Å². The lowest BCUT2D eigenvalue weighted by Crippen LogP contribution is -2.01. The molecule has 0 aliphatic heterocycles. The molecule has 0 spiro atoms. The van der Waals surface area contributed by atoms with Crippen LogP contribution in [0.2, 0.25) is 5.02 Å². The maximum absolute atomic E-state index is 10.7. The van der Waals surface area contributed by atoms with Crippen molar-refractivity contribution in [3.63, 3.8) is 0 Å². The molecule has 0 amide bonds. The van der Waals surface area contributed by atoms with Crippen LogP contribution in [0.5, 0.6) is 11.5 Å². The summed E-state index contributed by atoms with van der Waals surface area (Å²) in [7, 11) is 1.53. The van der Waals surface area contributed by atoms with Gasteiger partial charge in [-0.2, -0.15) is 0 Å². The van der Waals surface area contributed by atoms with Crippen LogP contribution in [0.4, 0.5) is 0 Å². The van der Waals surface area contributed by atoms with Crippen molar-refractivity contribution in [3.05, 3.63) is 22.7 Å². The SMILES string of the molecule is CCCCCCOc1c(Cl)cc(C=O)cc1OC. The molecule has 0 aromatic heterocycles. The lowest BCUT2D eigenvalue weighted by Gasteiger charge is -2.12. The third-order valence-electron chi connectivity index (χ3n) is 2.63. The zero-order chi connectivity index (χ0) is 13.4. The summed E-state index contributed by atoms with van der Waals surface area (Å²) < 4.78 is 10.8. The van der Waals surface area contributed by atoms with Crippen LogP contribution in [0.25, 0.3) is 0 Å². The Bertz CT molecular complexity index is 391. The van der Waals surface area contributed by atoms with E-state index in [1.807, 2.05) is 0 Å². The third kappa shape index (κ3) is 4.22. The molecular formula is C14H19ClO3. The van der Waals surface area contributed by atoms with E-state index in [1.54, 1.807) is 12.1 Å². The van der Waals surface area contributed by atoms with Gasteiger partial charge in [0, 0.05) is 5.56 Å². The predicted molar refractivity (Wildman–Crippen MR) is 73.0 cm³/mol. The molecule has 1 aromatic rings. The van der Waals surface area contributed by atoms with Gasteiger partial charge in [-0.25, -0.2) is 0 Å². The Morgan fingerprint density at radius 3 is 2.67 bits per heavy atom. The predicted octanol–water partition coefficient (Wildman–Crippen LogP) is 4.12. The number of carbonyl (C=O) groups is 1. The van der Waals surface area contributed by atoms with E-state index in [2.05, 4.69) is 6.92 Å². The molecule has 0 fully saturated rings. The highest BCUT2D eigenvalue weighted by Gasteiger charge is 2.11. The molecule has 0 unspecified atom stereocenters. The van der Waals surface area contributed by atoms with Crippen molar-refractivity contribution in [2.75, 3.05) is 13.7 Å². The zero-order valence-electron chi connectivity index (χ0n) is 10.9. The van der Waals surface area contributed by atoms with Gasteiger partial charge in [-0.3, -0.25) is 4.79 Å². The Morgan fingerprint density at radius 2 is 2.06 bits per heavy atom. The fraction of sp³-hybridized carbons (Fsp3) is 0.500. The van der Waals surface area contributed by atoms with Gasteiger partial charge in [-0.05, 0) is 18.6 Å². The van der Waals surface area contributed by atoms with Gasteiger partial charge in [-0.1, -0.05) is 37.8 Å². The van der Waals surface area contributed by atoms with Crippen LogP contribution < -0.4 is 9.47 Å². The van der Waals surface area contributed by atoms with Crippen molar-refractivity contribution in [1.29, 1.82) is 0 Å². The zero-order valence-corrected chi connectivity index (χ0v) is 11.6. The number of methoxy groups -OCH3 is 1. The minimum absolute atomic E-state index is 0.409. The van der Waals surface area contributed by atoms with Crippen LogP contribution in [-0.4, -0.2) is 20.0 Å². The standard InChI is InChI=1S/C14H19ClO3/c1-3-4-5-6-7-18-14-12(15)8-11(10-16)9-13(14)17-2/h8-10H,3-7H2,1-2H3. The summed E-state index contributed by atoms with van der Waals surface area (Å²) in [5.74, 6) is 1.02. The van der Waals surface area contributed by atoms with E-state index in [0.29, 0.717) is 28.7 Å². The van der Waals surface area contributed by atoms with Gasteiger partial charge < -0.3 is 9.47 Å². The van der Waals surface area contributed by atoms with Gasteiger partial charge in [0.05, 0.1) is 18.7 Å². The molecule has 100 valence electrons. The van der Waals surface area contributed by atoms with E-state index in [-0.39, 0.29) is 0 Å². The molecule has 0 aliphatic rings. The lowest BCUT2D eigenvalue weighted by atomic mass is 10.2. The van der Waals surface area contributed by atoms with E-state index in [4.69, 9.17) is 21.1 Å². The molecule has 18 heavy (non-hydrogen) atoms. The minimum Gasteiger partial charge on any atom is -0.493 e. The summed E-state index contributed by atoms with van der Waals surface area (Å²) in [6.45, 7) is 2.77. The second-order valence-corrected chi connectivity index (χ2v) is 4.47. The number of hydrogen-bond donors (Lipinski definition) is 0. The number of unbranched alkanes of at least 4 members (excludes halogenated alkanes) is 3. The molecule has 0 atom stereocenters. The maximum Gasteiger partial charge on any atom is 0.179 e. The Hall–Kier alpha value is -1.22. The topological polar surface area (TPSA) is 35.5 Å². The number of rotatable bonds is 8. The second kappa shape index (κ2) is 7.98. The Morgan fingerprint density at radius 1 is 1.28 bits per heavy atom. The largest absolute Gasteiger partial charge is 0.493 e. The van der Waals surface area contributed by atoms with Crippen molar-refractivity contribution < 1.29 is 14.3 Å². The molecule has 0 N–H and O–H groups in total. The fourth-order valence-electron chi connectivity index (χ4n) is 1.65. The van der Waals surface area contributed by atoms with Crippen LogP contribution in [-0.2, 0) is 0 Å². The van der Waals surface area contributed by atoms with Crippen molar-refractivity contribution in [2.24, 2.45) is 0 Å². The molecule has 1 aromatic carbocycles. The molecular weight excluding hydrogens is 252 g/mol. The van der Waals surface area contributed by atoms with Crippen LogP contribution in [0.1, 0.15) is 43.0 Å². The Kier molecular flexibility index (Phi) is 6.58. The highest BCUT2D eigenvalue weighted by molar-refractivity contribution is 6.32. The third-order valence-corrected chi connectivity index (χ3v) is 2.91. The van der Waals surface area contributed by atoms with Crippen molar-refractivity contribution >= 4 is 17.9 Å². The van der Waals surface area contributed by atoms with Gasteiger partial charge in [-0.15, -0.1) is 0 Å². The first-order valence-electron chi connectivity index (χ1n) is 6.18. The first kappa shape index (κ1) is 14.8. The van der Waals surface area contributed by atoms with Gasteiger partial charge in [0.15, 0.2) is 11.5 Å². The summed E-state index contributed by atoms with van der Waals surface area (Å²) in [6.07, 6.45) is 5.27. The molecule has 0 radical (unpaired) electrons. The Labute approximate surface area is 113 Å². The maximum atomic E-state index is 10.7. The highest BCUT2D eigenvalue weighted by Crippen LogP contribution is 2.36. The number of ether oxygens (including phenoxy) is 2. The summed E-state index contributed by atoms with van der Waals surface area (Å²) in [5.41, 5.74) is 0.482. The van der Waals surface area contributed by atoms with Crippen LogP contribution in [0.15, 0.2) is 12.1 Å². The normalized spacial score (nSPS) is 10.2. The summed E-state index contributed by atoms with van der Waals surface area (Å²) >= 11 is 6.07. The van der Waals surface area contributed by atoms with E-state index in [9.17, 15) is 4.79 Å². The Balaban J connectivity index is 2.66. The molecule has 4 heteroatoms. The molecule has 0 saturated carbocycles. The van der Waals surface area contributed by atoms with Gasteiger partial charge in [0.25, 0.3) is 0 Å². The molecule has 3 nitrogen and oxygen atoms in total. The molecule has 0 aliphatic carbocycles. The van der Waals surface area contributed by atoms with Gasteiger partial charge in [0.1, 0.15) is 6.29 Å². The quantitative estimate of drug-likeness (QED) is 0.526. The minimum atomic E-state index is 0.409. The van der Waals surface area contributed by atoms with Crippen LogP contribution >= 0.6 is 11.6 Å². The summed E-state index contributed by atoms with van der Waals surface area (Å²) in [6, 6.07) is 3.21. The molecule has 1 rings (SSSR count). The smallest absolute Gasteiger partial charge is 0.179 e. The molecule has 0 bridgehead atoms. The second-order valence-electron chi connectivity index (χ2n) is 4.06. The lowest BCUT2D eigenvalue weighted by molar-refractivity contribution is 0.112. The van der Waals surface area contributed by atoms with E-state index < -0.39 is 0 Å². The van der Waals surface area contributed by atoms with Crippen LogP contribution in [0, 0.1) is 0 Å². The van der Waals surface area contributed by atoms with Crippen LogP contribution in [0.3, 0.4) is 0 Å². The first-order chi connectivity index (χ1) is 8.72. The number of aldehydes is 1. The van der Waals surface area contributed by atoms with E-state index in [0.717, 1.165) is 19.1 Å². The monoisotopic (exact) mass is 270 g/mol. The number of benzene rings is 1. The van der Waals surface area contributed by atoms with Crippen molar-refractivity contribution in [2.45, 2.75) is 32.6 Å².